The Morgan fingerprint density at radius 3 is 2.46 bits per heavy atom. The molecule has 0 amide bonds. The molecule has 1 N–H and O–H groups in total. The lowest BCUT2D eigenvalue weighted by Crippen LogP contribution is -2.39. The largest absolute Gasteiger partial charge is 0.408 e. The monoisotopic (exact) mass is 537 g/mol. The van der Waals surface area contributed by atoms with Crippen molar-refractivity contribution >= 4 is 20.9 Å². The van der Waals surface area contributed by atoms with Gasteiger partial charge >= 0.3 is 6.18 Å². The van der Waals surface area contributed by atoms with Crippen molar-refractivity contribution in [2.45, 2.75) is 83.3 Å². The number of pyridine rings is 1. The van der Waals surface area contributed by atoms with Crippen LogP contribution in [0.5, 0.6) is 0 Å². The summed E-state index contributed by atoms with van der Waals surface area (Å²) in [5.41, 5.74) is 2.77. The third kappa shape index (κ3) is 5.27. The second-order valence-corrected chi connectivity index (χ2v) is 13.4. The summed E-state index contributed by atoms with van der Waals surface area (Å²) in [5.74, 6) is -0.646. The van der Waals surface area contributed by atoms with Crippen molar-refractivity contribution in [2.75, 3.05) is 0 Å². The summed E-state index contributed by atoms with van der Waals surface area (Å²) >= 11 is 0. The van der Waals surface area contributed by atoms with Gasteiger partial charge in [-0.3, -0.25) is 4.98 Å². The van der Waals surface area contributed by atoms with E-state index in [-0.39, 0.29) is 16.4 Å². The predicted molar refractivity (Wildman–Crippen MR) is 135 cm³/mol. The Morgan fingerprint density at radius 1 is 1.11 bits per heavy atom. The number of fused-ring (bicyclic) bond motifs is 2. The van der Waals surface area contributed by atoms with Gasteiger partial charge in [0.05, 0.1) is 5.25 Å². The maximum Gasteiger partial charge on any atom is 0.408 e. The Hall–Kier alpha value is -2.46. The van der Waals surface area contributed by atoms with Gasteiger partial charge in [-0.2, -0.15) is 17.9 Å². The van der Waals surface area contributed by atoms with Crippen LogP contribution in [-0.2, 0) is 29.4 Å². The van der Waals surface area contributed by atoms with Crippen LogP contribution in [0.1, 0.15) is 69.3 Å². The van der Waals surface area contributed by atoms with Gasteiger partial charge in [-0.15, -0.1) is 0 Å². The lowest BCUT2D eigenvalue weighted by molar-refractivity contribution is -0.152. The van der Waals surface area contributed by atoms with Crippen LogP contribution in [0.4, 0.5) is 17.6 Å². The number of halogens is 4. The second-order valence-electron chi connectivity index (χ2n) is 11.4. The van der Waals surface area contributed by atoms with E-state index in [1.54, 1.807) is 22.9 Å². The molecule has 1 saturated carbocycles. The number of aromatic nitrogens is 2. The molecule has 0 aliphatic heterocycles. The molecule has 1 atom stereocenters. The van der Waals surface area contributed by atoms with Crippen LogP contribution in [0, 0.1) is 11.2 Å². The van der Waals surface area contributed by atoms with Crippen molar-refractivity contribution in [3.63, 3.8) is 0 Å². The summed E-state index contributed by atoms with van der Waals surface area (Å²) in [7, 11) is -4.16. The van der Waals surface area contributed by atoms with E-state index in [0.29, 0.717) is 36.0 Å². The van der Waals surface area contributed by atoms with Crippen LogP contribution < -0.4 is 4.72 Å². The molecule has 2 aromatic heterocycles. The van der Waals surface area contributed by atoms with E-state index < -0.39 is 33.3 Å². The topological polar surface area (TPSA) is 64.0 Å². The zero-order valence-corrected chi connectivity index (χ0v) is 21.9. The lowest BCUT2D eigenvalue weighted by atomic mass is 9.89. The van der Waals surface area contributed by atoms with Gasteiger partial charge in [-0.25, -0.2) is 12.8 Å². The molecule has 2 aliphatic rings. The van der Waals surface area contributed by atoms with Crippen LogP contribution in [0.15, 0.2) is 30.6 Å². The van der Waals surface area contributed by atoms with Crippen molar-refractivity contribution in [3.8, 4) is 11.1 Å². The maximum atomic E-state index is 15.7. The molecule has 0 spiro atoms. The first-order valence-electron chi connectivity index (χ1n) is 12.6. The number of sulfonamides is 1. The second kappa shape index (κ2) is 9.08. The molecule has 37 heavy (non-hydrogen) atoms. The molecular weight excluding hydrogens is 506 g/mol. The van der Waals surface area contributed by atoms with Crippen LogP contribution in [0.3, 0.4) is 0 Å². The summed E-state index contributed by atoms with van der Waals surface area (Å²) in [6.45, 7) is 6.24. The van der Waals surface area contributed by atoms with Crippen LogP contribution in [0.2, 0.25) is 0 Å². The molecule has 200 valence electrons. The fraction of sp³-hybridized carbons (Fsp3) is 0.519. The molecule has 0 saturated heterocycles. The normalized spacial score (nSPS) is 17.7. The van der Waals surface area contributed by atoms with Gasteiger partial charge in [0.15, 0.2) is 0 Å². The van der Waals surface area contributed by atoms with Gasteiger partial charge in [-0.1, -0.05) is 20.8 Å². The maximum absolute atomic E-state index is 15.7. The van der Waals surface area contributed by atoms with Gasteiger partial charge in [0, 0.05) is 46.7 Å². The summed E-state index contributed by atoms with van der Waals surface area (Å²) in [5, 5.41) is -0.768. The molecule has 3 aromatic rings. The highest BCUT2D eigenvalue weighted by atomic mass is 32.2. The highest BCUT2D eigenvalue weighted by Crippen LogP contribution is 2.42. The molecule has 0 bridgehead atoms. The van der Waals surface area contributed by atoms with E-state index in [0.717, 1.165) is 43.0 Å². The Balaban J connectivity index is 1.71. The first-order valence-corrected chi connectivity index (χ1v) is 14.2. The molecule has 10 heteroatoms. The quantitative estimate of drug-likeness (QED) is 0.368. The first kappa shape index (κ1) is 26.2. The summed E-state index contributed by atoms with van der Waals surface area (Å²) in [4.78, 5) is 4.45. The third-order valence-electron chi connectivity index (χ3n) is 7.05. The highest BCUT2D eigenvalue weighted by Gasteiger charge is 2.48. The van der Waals surface area contributed by atoms with Gasteiger partial charge < -0.3 is 4.57 Å². The molecular formula is C27H31F4N3O2S. The first-order chi connectivity index (χ1) is 17.2. The van der Waals surface area contributed by atoms with E-state index in [1.807, 2.05) is 25.5 Å². The smallest absolute Gasteiger partial charge is 0.347 e. The molecule has 0 unspecified atom stereocenters. The average Bonchev–Trinajstić information content (AvgIpc) is 3.61. The molecule has 1 aromatic carbocycles. The van der Waals surface area contributed by atoms with E-state index in [2.05, 4.69) is 4.98 Å². The van der Waals surface area contributed by atoms with Gasteiger partial charge in [0.1, 0.15) is 11.9 Å². The number of nitrogens with one attached hydrogen (secondary N) is 1. The number of hydrogen-bond acceptors (Lipinski definition) is 3. The van der Waals surface area contributed by atoms with Crippen molar-refractivity contribution in [2.24, 2.45) is 5.41 Å². The Labute approximate surface area is 214 Å². The summed E-state index contributed by atoms with van der Waals surface area (Å²) in [6.07, 6.45) is 2.30. The molecule has 0 radical (unpaired) electrons. The predicted octanol–water partition coefficient (Wildman–Crippen LogP) is 6.45. The van der Waals surface area contributed by atoms with E-state index in [1.165, 1.54) is 6.20 Å². The van der Waals surface area contributed by atoms with Gasteiger partial charge in [0.2, 0.25) is 10.0 Å². The molecule has 5 rings (SSSR count). The fourth-order valence-electron chi connectivity index (χ4n) is 5.24. The number of aryl methyl sites for hydroxylation is 1. The number of benzene rings is 1. The lowest BCUT2D eigenvalue weighted by Gasteiger charge is -2.22. The van der Waals surface area contributed by atoms with Crippen molar-refractivity contribution in [3.05, 3.63) is 53.2 Å². The number of hydrogen-bond donors (Lipinski definition) is 1. The Kier molecular flexibility index (Phi) is 6.42. The van der Waals surface area contributed by atoms with Crippen LogP contribution in [-0.4, -0.2) is 29.4 Å². The molecule has 5 nitrogen and oxygen atoms in total. The molecule has 2 aliphatic carbocycles. The zero-order chi connectivity index (χ0) is 26.8. The van der Waals surface area contributed by atoms with Crippen molar-refractivity contribution < 1.29 is 26.0 Å². The van der Waals surface area contributed by atoms with Crippen molar-refractivity contribution in [1.29, 1.82) is 0 Å². The number of nitrogens with zero attached hydrogens (tertiary/aromatic N) is 2. The van der Waals surface area contributed by atoms with E-state index >= 15 is 4.39 Å². The summed E-state index contributed by atoms with van der Waals surface area (Å²) < 4.78 is 87.2. The van der Waals surface area contributed by atoms with E-state index in [9.17, 15) is 21.6 Å². The van der Waals surface area contributed by atoms with E-state index in [4.69, 9.17) is 0 Å². The van der Waals surface area contributed by atoms with Crippen LogP contribution >= 0.6 is 0 Å². The Morgan fingerprint density at radius 2 is 1.81 bits per heavy atom. The number of rotatable bonds is 6. The minimum Gasteiger partial charge on any atom is -0.347 e. The van der Waals surface area contributed by atoms with Gasteiger partial charge in [-0.05, 0) is 73.3 Å². The Bertz CT molecular complexity index is 1450. The van der Waals surface area contributed by atoms with Crippen molar-refractivity contribution in [1.82, 2.24) is 14.3 Å². The number of alkyl halides is 3. The summed E-state index contributed by atoms with van der Waals surface area (Å²) in [6, 6.07) is 2.02. The minimum absolute atomic E-state index is 0.0502. The molecule has 1 fully saturated rings. The van der Waals surface area contributed by atoms with Gasteiger partial charge in [0.25, 0.3) is 0 Å². The third-order valence-corrected chi connectivity index (χ3v) is 8.97. The minimum atomic E-state index is -4.90. The molecule has 2 heterocycles. The fourth-order valence-corrected chi connectivity index (χ4v) is 6.78. The highest BCUT2D eigenvalue weighted by molar-refractivity contribution is 7.90. The standard InChI is InChI=1S/C27H31F4N3O2S/c1-26(2,3)15-34-14-21(25(27(29,30)31)33-37(35,36)16-8-9-16)20-12-22(28)19(13-24(20)34)17-10-11-32-23-7-5-4-6-18(17)23/h10-14,16,25,33H,4-9,15H2,1-3H3/t25-/m0/s1. The average molecular weight is 538 g/mol. The zero-order valence-electron chi connectivity index (χ0n) is 21.1. The van der Waals surface area contributed by atoms with Crippen LogP contribution in [0.25, 0.3) is 22.0 Å². The SMILES string of the molecule is CC(C)(C)Cn1cc([C@H](NS(=O)(=O)C2CC2)C(F)(F)F)c2cc(F)c(-c3ccnc4c3CCCC4)cc21.